The van der Waals surface area contributed by atoms with Gasteiger partial charge in [-0.1, -0.05) is 6.07 Å². The largest absolute Gasteiger partial charge is 0.382 e. The first-order valence-corrected chi connectivity index (χ1v) is 8.95. The summed E-state index contributed by atoms with van der Waals surface area (Å²) in [5, 5.41) is 3.57. The van der Waals surface area contributed by atoms with Crippen molar-refractivity contribution >= 4 is 21.4 Å². The van der Waals surface area contributed by atoms with Crippen molar-refractivity contribution in [1.82, 2.24) is 4.90 Å². The van der Waals surface area contributed by atoms with Crippen molar-refractivity contribution in [3.05, 3.63) is 24.3 Å². The molecule has 0 aliphatic carbocycles. The molecular weight excluding hydrogens is 274 g/mol. The number of nitrogens with zero attached hydrogens (tertiary/aromatic N) is 1. The van der Waals surface area contributed by atoms with Crippen molar-refractivity contribution in [2.24, 2.45) is 5.92 Å². The smallest absolute Gasteiger partial charge is 0.229 e. The van der Waals surface area contributed by atoms with Crippen LogP contribution < -0.4 is 10.0 Å². The summed E-state index contributed by atoms with van der Waals surface area (Å²) in [6, 6.07) is 8.00. The molecule has 0 saturated carbocycles. The molecule has 1 aromatic carbocycles. The van der Waals surface area contributed by atoms with Crippen LogP contribution in [0.4, 0.5) is 11.4 Å². The summed E-state index contributed by atoms with van der Waals surface area (Å²) in [6.45, 7) is 3.58. The van der Waals surface area contributed by atoms with Crippen LogP contribution in [-0.2, 0) is 10.0 Å². The van der Waals surface area contributed by atoms with E-state index in [2.05, 4.69) is 14.9 Å². The fourth-order valence-corrected chi connectivity index (χ4v) is 3.80. The summed E-state index contributed by atoms with van der Waals surface area (Å²) < 4.78 is 25.1. The van der Waals surface area contributed by atoms with E-state index in [-0.39, 0.29) is 0 Å². The predicted molar refractivity (Wildman–Crippen MR) is 81.5 cm³/mol. The van der Waals surface area contributed by atoms with Crippen LogP contribution in [0.15, 0.2) is 24.3 Å². The number of fused-ring (bicyclic) bond motifs is 2. The Kier molecular flexibility index (Phi) is 3.60. The summed E-state index contributed by atoms with van der Waals surface area (Å²) in [6.07, 6.45) is 3.59. The Morgan fingerprint density at radius 2 is 1.95 bits per heavy atom. The number of hydrogen-bond donors (Lipinski definition) is 2. The lowest BCUT2D eigenvalue weighted by molar-refractivity contribution is 0.255. The van der Waals surface area contributed by atoms with Gasteiger partial charge < -0.3 is 10.2 Å². The molecule has 6 heteroatoms. The van der Waals surface area contributed by atoms with E-state index < -0.39 is 10.0 Å². The van der Waals surface area contributed by atoms with Gasteiger partial charge in [-0.15, -0.1) is 0 Å². The summed E-state index contributed by atoms with van der Waals surface area (Å²) in [7, 11) is -3.22. The van der Waals surface area contributed by atoms with Gasteiger partial charge in [-0.2, -0.15) is 0 Å². The standard InChI is InChI=1S/C14H21N3O2S/c1-20(18,19)16-13-4-2-3-12(9-13)15-14-6-8-17-7-5-11(14)10-17/h2-4,9,11,14-16H,5-8,10H2,1H3. The number of benzene rings is 1. The number of piperidine rings is 1. The molecule has 2 N–H and O–H groups in total. The van der Waals surface area contributed by atoms with Gasteiger partial charge >= 0.3 is 0 Å². The molecule has 20 heavy (non-hydrogen) atoms. The van der Waals surface area contributed by atoms with E-state index in [1.807, 2.05) is 18.2 Å². The van der Waals surface area contributed by atoms with Crippen LogP contribution in [0.2, 0.25) is 0 Å². The van der Waals surface area contributed by atoms with Gasteiger partial charge in [0.15, 0.2) is 0 Å². The van der Waals surface area contributed by atoms with Crippen molar-refractivity contribution in [3.63, 3.8) is 0 Å². The van der Waals surface area contributed by atoms with Crippen molar-refractivity contribution in [1.29, 1.82) is 0 Å². The van der Waals surface area contributed by atoms with Crippen molar-refractivity contribution < 1.29 is 8.42 Å². The summed E-state index contributed by atoms with van der Waals surface area (Å²) in [5.41, 5.74) is 1.60. The maximum Gasteiger partial charge on any atom is 0.229 e. The summed E-state index contributed by atoms with van der Waals surface area (Å²) >= 11 is 0. The Balaban J connectivity index is 1.69. The Morgan fingerprint density at radius 3 is 2.75 bits per heavy atom. The maximum atomic E-state index is 11.3. The zero-order chi connectivity index (χ0) is 14.2. The predicted octanol–water partition coefficient (Wildman–Crippen LogP) is 1.56. The highest BCUT2D eigenvalue weighted by Crippen LogP contribution is 2.30. The molecule has 2 aliphatic rings. The number of anilines is 2. The summed E-state index contributed by atoms with van der Waals surface area (Å²) in [5.74, 6) is 0.718. The molecule has 3 atom stereocenters. The highest BCUT2D eigenvalue weighted by Gasteiger charge is 2.33. The Labute approximate surface area is 120 Å². The molecule has 0 aromatic heterocycles. The molecule has 1 aromatic rings. The average molecular weight is 295 g/mol. The Bertz CT molecular complexity index is 588. The lowest BCUT2D eigenvalue weighted by Crippen LogP contribution is -2.39. The lowest BCUT2D eigenvalue weighted by atomic mass is 9.94. The maximum absolute atomic E-state index is 11.3. The van der Waals surface area contributed by atoms with Gasteiger partial charge in [-0.25, -0.2) is 8.42 Å². The molecule has 0 radical (unpaired) electrons. The van der Waals surface area contributed by atoms with Crippen LogP contribution >= 0.6 is 0 Å². The van der Waals surface area contributed by atoms with Crippen LogP contribution in [0.5, 0.6) is 0 Å². The third-order valence-corrected chi connectivity index (χ3v) is 4.76. The number of rotatable bonds is 4. The second-order valence-corrected chi connectivity index (χ2v) is 7.59. The van der Waals surface area contributed by atoms with Crippen molar-refractivity contribution in [2.75, 3.05) is 35.9 Å². The Hall–Kier alpha value is -1.27. The molecule has 0 spiro atoms. The van der Waals surface area contributed by atoms with E-state index in [1.54, 1.807) is 6.07 Å². The fourth-order valence-electron chi connectivity index (χ4n) is 3.24. The van der Waals surface area contributed by atoms with Gasteiger partial charge in [-0.3, -0.25) is 4.72 Å². The zero-order valence-corrected chi connectivity index (χ0v) is 12.5. The Morgan fingerprint density at radius 1 is 1.20 bits per heavy atom. The highest BCUT2D eigenvalue weighted by molar-refractivity contribution is 7.92. The molecule has 110 valence electrons. The first-order chi connectivity index (χ1) is 9.49. The number of sulfonamides is 1. The van der Waals surface area contributed by atoms with E-state index >= 15 is 0 Å². The average Bonchev–Trinajstić information content (AvgIpc) is 2.74. The van der Waals surface area contributed by atoms with E-state index in [9.17, 15) is 8.42 Å². The van der Waals surface area contributed by atoms with Crippen LogP contribution in [0.3, 0.4) is 0 Å². The molecule has 2 bridgehead atoms. The third kappa shape index (κ3) is 3.24. The molecule has 2 heterocycles. The van der Waals surface area contributed by atoms with Crippen molar-refractivity contribution in [3.8, 4) is 0 Å². The van der Waals surface area contributed by atoms with E-state index in [1.165, 1.54) is 25.8 Å². The highest BCUT2D eigenvalue weighted by atomic mass is 32.2. The van der Waals surface area contributed by atoms with E-state index in [0.29, 0.717) is 11.7 Å². The van der Waals surface area contributed by atoms with Gasteiger partial charge in [0.25, 0.3) is 0 Å². The van der Waals surface area contributed by atoms with Crippen LogP contribution in [0.25, 0.3) is 0 Å². The van der Waals surface area contributed by atoms with E-state index in [4.69, 9.17) is 0 Å². The minimum Gasteiger partial charge on any atom is -0.382 e. The minimum atomic E-state index is -3.22. The number of nitrogens with one attached hydrogen (secondary N) is 2. The van der Waals surface area contributed by atoms with Gasteiger partial charge in [0.1, 0.15) is 0 Å². The monoisotopic (exact) mass is 295 g/mol. The molecule has 5 nitrogen and oxygen atoms in total. The molecule has 0 amide bonds. The van der Waals surface area contributed by atoms with Crippen LogP contribution in [0, 0.1) is 5.92 Å². The number of hydrogen-bond acceptors (Lipinski definition) is 4. The normalized spacial score (nSPS) is 29.1. The van der Waals surface area contributed by atoms with Crippen molar-refractivity contribution in [2.45, 2.75) is 18.9 Å². The summed E-state index contributed by atoms with van der Waals surface area (Å²) in [4.78, 5) is 2.52. The molecule has 2 aliphatic heterocycles. The minimum absolute atomic E-state index is 0.502. The SMILES string of the molecule is CS(=O)(=O)Nc1cccc(NC2CCN3CCC2C3)c1. The zero-order valence-electron chi connectivity index (χ0n) is 11.7. The molecule has 2 saturated heterocycles. The molecule has 3 unspecified atom stereocenters. The first-order valence-electron chi connectivity index (χ1n) is 7.06. The second kappa shape index (κ2) is 5.26. The molecular formula is C14H21N3O2S. The van der Waals surface area contributed by atoms with Gasteiger partial charge in [0, 0.05) is 24.8 Å². The van der Waals surface area contributed by atoms with Crippen LogP contribution in [0.1, 0.15) is 12.8 Å². The lowest BCUT2D eigenvalue weighted by Gasteiger charge is -2.31. The topological polar surface area (TPSA) is 61.4 Å². The van der Waals surface area contributed by atoms with Gasteiger partial charge in [0.2, 0.25) is 10.0 Å². The quantitative estimate of drug-likeness (QED) is 0.885. The first kappa shape index (κ1) is 13.7. The van der Waals surface area contributed by atoms with Gasteiger partial charge in [0.05, 0.1) is 11.9 Å². The molecule has 2 fully saturated rings. The third-order valence-electron chi connectivity index (χ3n) is 4.15. The van der Waals surface area contributed by atoms with Gasteiger partial charge in [-0.05, 0) is 43.5 Å². The van der Waals surface area contributed by atoms with E-state index in [0.717, 1.165) is 24.6 Å². The van der Waals surface area contributed by atoms with Crippen LogP contribution in [-0.4, -0.2) is 45.2 Å². The second-order valence-electron chi connectivity index (χ2n) is 5.84. The molecule has 3 rings (SSSR count). The fraction of sp³-hybridized carbons (Fsp3) is 0.571.